The van der Waals surface area contributed by atoms with Gasteiger partial charge in [0.25, 0.3) is 10.0 Å². The summed E-state index contributed by atoms with van der Waals surface area (Å²) < 4.78 is 42.6. The number of hydrogen-bond donors (Lipinski definition) is 0. The Hall–Kier alpha value is -9.10. The lowest BCUT2D eigenvalue weighted by molar-refractivity contribution is 0.0478. The summed E-state index contributed by atoms with van der Waals surface area (Å²) in [6.07, 6.45) is -0.749. The quantitative estimate of drug-likeness (QED) is 0.162. The first-order valence-corrected chi connectivity index (χ1v) is 28.0. The maximum atomic E-state index is 16.7. The average molecular weight is 934 g/mol. The van der Waals surface area contributed by atoms with Gasteiger partial charge >= 0.3 is 6.09 Å². The molecule has 29 aromatic rings. The Labute approximate surface area is 402 Å². The van der Waals surface area contributed by atoms with E-state index >= 15 is 13.2 Å². The fraction of sp³-hybridized carbons (Fsp3) is 0.0441. The van der Waals surface area contributed by atoms with Crippen LogP contribution in [0.4, 0.5) is 4.79 Å². The average Bonchev–Trinajstić information content (AvgIpc) is 4.38. The van der Waals surface area contributed by atoms with Crippen LogP contribution in [0.2, 0.25) is 0 Å². The van der Waals surface area contributed by atoms with Crippen molar-refractivity contribution in [3.8, 4) is 0 Å². The highest BCUT2D eigenvalue weighted by Gasteiger charge is 2.80. The molecule has 1 heterocycles. The molecule has 1 saturated heterocycles. The number of benzene rings is 19. The van der Waals surface area contributed by atoms with Gasteiger partial charge in [0.05, 0.1) is 4.90 Å². The van der Waals surface area contributed by atoms with Crippen molar-refractivity contribution in [1.29, 1.82) is 0 Å². The molecule has 4 aliphatic carbocycles. The van der Waals surface area contributed by atoms with Crippen molar-refractivity contribution in [2.75, 3.05) is 0 Å². The van der Waals surface area contributed by atoms with Crippen molar-refractivity contribution < 1.29 is 17.9 Å². The van der Waals surface area contributed by atoms with Gasteiger partial charge in [0.1, 0.15) is 0 Å². The van der Waals surface area contributed by atoms with Gasteiger partial charge in [-0.2, -0.15) is 4.31 Å². The molecule has 0 N–H and O–H groups in total. The Morgan fingerprint density at radius 1 is 0.297 bits per heavy atom. The second-order valence-corrected chi connectivity index (χ2v) is 27.9. The second kappa shape index (κ2) is 6.33. The molecule has 0 unspecified atom stereocenters. The fourth-order valence-electron chi connectivity index (χ4n) is 25.1. The maximum Gasteiger partial charge on any atom is 0.426 e. The van der Waals surface area contributed by atoms with Gasteiger partial charge < -0.3 is 4.74 Å². The molecule has 0 saturated carbocycles. The Bertz CT molecular complexity index is 7600. The van der Waals surface area contributed by atoms with Crippen LogP contribution in [-0.2, 0) is 25.9 Å². The molecular weight excluding hydrogens is 927 g/mol. The van der Waals surface area contributed by atoms with E-state index in [-0.39, 0.29) is 4.90 Å². The normalized spacial score (nSPS) is 22.2. The molecule has 1 amide bonds. The van der Waals surface area contributed by atoms with Gasteiger partial charge in [-0.15, -0.1) is 0 Å². The van der Waals surface area contributed by atoms with Gasteiger partial charge in [0, 0.05) is 22.3 Å². The van der Waals surface area contributed by atoms with Crippen LogP contribution >= 0.6 is 0 Å². The molecule has 0 radical (unpaired) electrons. The third-order valence-corrected chi connectivity index (χ3v) is 27.2. The molecule has 5 nitrogen and oxygen atoms in total. The van der Waals surface area contributed by atoms with Crippen molar-refractivity contribution in [3.05, 3.63) is 52.1 Å². The largest absolute Gasteiger partial charge is 0.429 e. The van der Waals surface area contributed by atoms with Gasteiger partial charge in [0.15, 0.2) is 11.1 Å². The van der Waals surface area contributed by atoms with E-state index in [9.17, 15) is 0 Å². The van der Waals surface area contributed by atoms with Crippen molar-refractivity contribution in [2.45, 2.75) is 23.0 Å². The number of hydrogen-bond acceptors (Lipinski definition) is 4. The lowest BCUT2D eigenvalue weighted by atomic mass is 9.60. The van der Waals surface area contributed by atoms with E-state index in [0.717, 1.165) is 27.8 Å². The first-order valence-electron chi connectivity index (χ1n) is 26.6. The molecule has 5 aliphatic rings. The zero-order chi connectivity index (χ0) is 44.8. The summed E-state index contributed by atoms with van der Waals surface area (Å²) in [5, 5.41) is 76.3. The van der Waals surface area contributed by atoms with Gasteiger partial charge in [-0.1, -0.05) is 17.7 Å². The van der Waals surface area contributed by atoms with E-state index in [1.165, 1.54) is 284 Å². The van der Waals surface area contributed by atoms with Crippen molar-refractivity contribution in [3.63, 3.8) is 0 Å². The number of rotatable bonds is 2. The van der Waals surface area contributed by atoms with E-state index < -0.39 is 27.3 Å². The van der Waals surface area contributed by atoms with Crippen LogP contribution < -0.4 is 0 Å². The molecule has 74 heavy (non-hydrogen) atoms. The summed E-state index contributed by atoms with van der Waals surface area (Å²) >= 11 is 0. The van der Waals surface area contributed by atoms with Gasteiger partial charge in [-0.3, -0.25) is 0 Å². The van der Waals surface area contributed by atoms with Gasteiger partial charge in [0.2, 0.25) is 0 Å². The van der Waals surface area contributed by atoms with E-state index in [2.05, 4.69) is 0 Å². The number of aryl methyl sites for hydroxylation is 1. The molecule has 29 aromatic carbocycles. The monoisotopic (exact) mass is 933 g/mol. The molecule has 0 atom stereocenters. The molecular formula is C68H7NO4S. The highest BCUT2D eigenvalue weighted by molar-refractivity contribution is 7.89. The minimum atomic E-state index is -4.59. The zero-order valence-electron chi connectivity index (χ0n) is 37.3. The van der Waals surface area contributed by atoms with E-state index in [1.807, 2.05) is 19.1 Å². The Kier molecular flexibility index (Phi) is 2.41. The first kappa shape index (κ1) is 28.2. The summed E-state index contributed by atoms with van der Waals surface area (Å²) in [6, 6.07) is 7.23. The number of sulfonamides is 1. The number of carbonyl (C=O) groups is 1. The molecule has 0 aromatic heterocycles. The summed E-state index contributed by atoms with van der Waals surface area (Å²) in [5.41, 5.74) is 2.18. The standard InChI is InChI=1S/C68H7NO4S/c1-6-2-4-7(5-3-6)74(71,72)69-66(70)73-68-64-58-52-42-30-22-14-10-8-9-12-16(14)24(30)34-28-20(12)21-13(9)17-15-11(8)19-18(10)26-32(22)40-46-36(26)37-27(19)33-23(15)31-25(17)35-29(21)39-38(28)50(44(34)52)60(64)61-51(39)45(35)53-43(31)49-41(33)47(37)55-54(46)62(56(58)48(40)42)67(68,69)63(55)57(49)59(53)65(61)68/h2-5H,1H3. The topological polar surface area (TPSA) is 63.7 Å². The summed E-state index contributed by atoms with van der Waals surface area (Å²) in [5.74, 6) is 0. The summed E-state index contributed by atoms with van der Waals surface area (Å²) in [4.78, 5) is 16.6. The van der Waals surface area contributed by atoms with Crippen molar-refractivity contribution in [2.24, 2.45) is 0 Å². The zero-order valence-corrected chi connectivity index (χ0v) is 38.1. The van der Waals surface area contributed by atoms with Crippen LogP contribution in [-0.4, -0.2) is 18.8 Å². The third-order valence-electron chi connectivity index (χ3n) is 25.5. The molecule has 1 fully saturated rings. The Morgan fingerprint density at radius 2 is 0.486 bits per heavy atom. The van der Waals surface area contributed by atoms with Crippen LogP contribution in [0.25, 0.3) is 291 Å². The lowest BCUT2D eigenvalue weighted by Gasteiger charge is -2.49. The van der Waals surface area contributed by atoms with Gasteiger partial charge in [-0.25, -0.2) is 13.2 Å². The first-order chi connectivity index (χ1) is 36.5. The maximum absolute atomic E-state index is 16.7. The number of carbonyl (C=O) groups excluding carboxylic acids is 1. The molecule has 0 bridgehead atoms. The van der Waals surface area contributed by atoms with Crippen molar-refractivity contribution >= 4 is 307 Å². The lowest BCUT2D eigenvalue weighted by Crippen LogP contribution is -2.57. The molecule has 6 heteroatoms. The minimum absolute atomic E-state index is 0.134. The predicted octanol–water partition coefficient (Wildman–Crippen LogP) is 17.4. The highest BCUT2D eigenvalue weighted by atomic mass is 32.2. The number of amides is 1. The predicted molar refractivity (Wildman–Crippen MR) is 301 cm³/mol. The van der Waals surface area contributed by atoms with E-state index in [1.54, 1.807) is 22.9 Å². The Balaban J connectivity index is 1.13. The molecule has 1 aliphatic heterocycles. The van der Waals surface area contributed by atoms with Crippen LogP contribution in [0.1, 0.15) is 27.8 Å². The second-order valence-electron chi connectivity index (χ2n) is 26.1. The SMILES string of the molecule is Cc1ccc(S(=O)(=O)N2C(=O)OC34c5c6c7c8c9c%10c(c%11c%12c3c3c5c5c%13c6c6c7c7c9c9c%14c%10c%10c%11c%11c%12c%12c3c3c5c5c%13c%13c6c6c7c9c7c9c%14c%10c%10c%11c%11c%12c3c3c5c5c%13c6c7c6c9c%10c%11c3c56)C824)cc1. The van der Waals surface area contributed by atoms with Crippen LogP contribution in [0, 0.1) is 6.92 Å². The van der Waals surface area contributed by atoms with Crippen LogP contribution in [0.5, 0.6) is 0 Å². The number of nitrogens with zero attached hydrogens (tertiary/aromatic N) is 1. The number of ether oxygens (including phenoxy) is 1. The third kappa shape index (κ3) is 1.50. The fourth-order valence-corrected chi connectivity index (χ4v) is 26.7. The smallest absolute Gasteiger partial charge is 0.426 e. The van der Waals surface area contributed by atoms with Crippen LogP contribution in [0.3, 0.4) is 0 Å². The van der Waals surface area contributed by atoms with Crippen LogP contribution in [0.15, 0.2) is 29.2 Å². The Morgan fingerprint density at radius 3 is 0.703 bits per heavy atom. The summed E-state index contributed by atoms with van der Waals surface area (Å²) in [6.45, 7) is 2.00. The summed E-state index contributed by atoms with van der Waals surface area (Å²) in [7, 11) is -4.59. The van der Waals surface area contributed by atoms with E-state index in [0.29, 0.717) is 0 Å². The van der Waals surface area contributed by atoms with Gasteiger partial charge in [-0.05, 0) is 310 Å². The molecule has 34 rings (SSSR count). The molecule has 2 spiro atoms. The van der Waals surface area contributed by atoms with E-state index in [4.69, 9.17) is 4.74 Å². The highest BCUT2D eigenvalue weighted by Crippen LogP contribution is 2.86. The molecule has 314 valence electrons. The minimum Gasteiger partial charge on any atom is -0.429 e. The van der Waals surface area contributed by atoms with Crippen molar-refractivity contribution in [1.82, 2.24) is 4.31 Å².